The van der Waals surface area contributed by atoms with E-state index in [9.17, 15) is 4.79 Å². The highest BCUT2D eigenvalue weighted by atomic mass is 16.5. The molecule has 1 saturated carbocycles. The Morgan fingerprint density at radius 1 is 1.29 bits per heavy atom. The Balaban J connectivity index is 2.14. The van der Waals surface area contributed by atoms with Gasteiger partial charge in [-0.1, -0.05) is 20.4 Å². The number of carbonyl (C=O) groups excluding carboxylic acids is 1. The molecule has 1 aliphatic carbocycles. The summed E-state index contributed by atoms with van der Waals surface area (Å²) >= 11 is 0. The van der Waals surface area contributed by atoms with Crippen LogP contribution in [0.4, 0.5) is 0 Å². The van der Waals surface area contributed by atoms with Crippen molar-refractivity contribution < 1.29 is 9.53 Å². The molecule has 1 fully saturated rings. The molecule has 0 spiro atoms. The third-order valence-electron chi connectivity index (χ3n) is 3.30. The minimum absolute atomic E-state index is 0.294. The van der Waals surface area contributed by atoms with Gasteiger partial charge in [-0.25, -0.2) is 4.79 Å². The molecular formula is C14H25NO2. The van der Waals surface area contributed by atoms with Crippen LogP contribution in [0.15, 0.2) is 12.2 Å². The van der Waals surface area contributed by atoms with Gasteiger partial charge in [0.2, 0.25) is 0 Å². The minimum atomic E-state index is -0.294. The van der Waals surface area contributed by atoms with E-state index in [1.165, 1.54) is 19.3 Å². The minimum Gasteiger partial charge on any atom is -0.461 e. The molecule has 0 aromatic carbocycles. The average molecular weight is 239 g/mol. The Morgan fingerprint density at radius 2 is 1.88 bits per heavy atom. The van der Waals surface area contributed by atoms with Crippen molar-refractivity contribution in [3.8, 4) is 0 Å². The smallest absolute Gasteiger partial charge is 0.333 e. The molecule has 1 N–H and O–H groups in total. The molecule has 0 aromatic rings. The fraction of sp³-hybridized carbons (Fsp3) is 0.786. The topological polar surface area (TPSA) is 38.3 Å². The highest BCUT2D eigenvalue weighted by Crippen LogP contribution is 2.28. The van der Waals surface area contributed by atoms with E-state index >= 15 is 0 Å². The van der Waals surface area contributed by atoms with Gasteiger partial charge in [0.1, 0.15) is 6.61 Å². The van der Waals surface area contributed by atoms with E-state index in [1.807, 2.05) is 0 Å². The van der Waals surface area contributed by atoms with Crippen LogP contribution in [0, 0.1) is 11.8 Å². The van der Waals surface area contributed by atoms with Crippen molar-refractivity contribution in [2.45, 2.75) is 46.1 Å². The normalized spacial score (nSPS) is 28.8. The first kappa shape index (κ1) is 14.2. The molecule has 0 radical (unpaired) electrons. The number of rotatable bonds is 5. The summed E-state index contributed by atoms with van der Waals surface area (Å²) in [5, 5.41) is 3.47. The lowest BCUT2D eigenvalue weighted by Crippen LogP contribution is -2.38. The van der Waals surface area contributed by atoms with Crippen molar-refractivity contribution in [3.63, 3.8) is 0 Å². The summed E-state index contributed by atoms with van der Waals surface area (Å²) in [5.74, 6) is 1.31. The number of esters is 1. The van der Waals surface area contributed by atoms with Gasteiger partial charge < -0.3 is 10.1 Å². The SMILES string of the molecule is C=C(C)C(=O)OCCNC1CC(C)CC(C)C1. The number of hydrogen-bond donors (Lipinski definition) is 1. The van der Waals surface area contributed by atoms with E-state index in [2.05, 4.69) is 25.7 Å². The van der Waals surface area contributed by atoms with Crippen LogP contribution in [-0.4, -0.2) is 25.2 Å². The molecule has 98 valence electrons. The molecule has 1 rings (SSSR count). The van der Waals surface area contributed by atoms with Gasteiger partial charge in [-0.2, -0.15) is 0 Å². The number of hydrogen-bond acceptors (Lipinski definition) is 3. The van der Waals surface area contributed by atoms with Gasteiger partial charge in [0.05, 0.1) is 0 Å². The first-order valence-corrected chi connectivity index (χ1v) is 6.55. The molecule has 0 heterocycles. The molecule has 3 heteroatoms. The Bertz CT molecular complexity index is 265. The first-order valence-electron chi connectivity index (χ1n) is 6.55. The predicted octanol–water partition coefficient (Wildman–Crippen LogP) is 2.52. The Labute approximate surface area is 105 Å². The van der Waals surface area contributed by atoms with Crippen LogP contribution in [0.2, 0.25) is 0 Å². The molecule has 1 aliphatic rings. The Kier molecular flexibility index (Phi) is 5.69. The van der Waals surface area contributed by atoms with Crippen LogP contribution in [0.3, 0.4) is 0 Å². The Morgan fingerprint density at radius 3 is 2.41 bits per heavy atom. The molecule has 0 saturated heterocycles. The lowest BCUT2D eigenvalue weighted by molar-refractivity contribution is -0.138. The summed E-state index contributed by atoms with van der Waals surface area (Å²) in [6, 6.07) is 0.581. The molecule has 17 heavy (non-hydrogen) atoms. The van der Waals surface area contributed by atoms with Gasteiger partial charge in [-0.3, -0.25) is 0 Å². The zero-order chi connectivity index (χ0) is 12.8. The second kappa shape index (κ2) is 6.80. The standard InChI is InChI=1S/C14H25NO2/c1-10(2)14(16)17-6-5-15-13-8-11(3)7-12(4)9-13/h11-13,15H,1,5-9H2,2-4H3. The first-order chi connectivity index (χ1) is 7.99. The fourth-order valence-corrected chi connectivity index (χ4v) is 2.64. The average Bonchev–Trinajstić information content (AvgIpc) is 2.22. The third kappa shape index (κ3) is 5.35. The van der Waals surface area contributed by atoms with Crippen LogP contribution >= 0.6 is 0 Å². The van der Waals surface area contributed by atoms with E-state index in [-0.39, 0.29) is 5.97 Å². The van der Waals surface area contributed by atoms with Crippen LogP contribution in [0.5, 0.6) is 0 Å². The maximum atomic E-state index is 11.1. The van der Waals surface area contributed by atoms with Gasteiger partial charge in [0, 0.05) is 18.2 Å². The largest absolute Gasteiger partial charge is 0.461 e. The van der Waals surface area contributed by atoms with Gasteiger partial charge in [-0.15, -0.1) is 0 Å². The molecule has 0 bridgehead atoms. The van der Waals surface area contributed by atoms with E-state index in [4.69, 9.17) is 4.74 Å². The molecule has 2 atom stereocenters. The van der Waals surface area contributed by atoms with E-state index in [0.717, 1.165) is 18.4 Å². The highest BCUT2D eigenvalue weighted by molar-refractivity contribution is 5.86. The van der Waals surface area contributed by atoms with E-state index in [1.54, 1.807) is 6.92 Å². The van der Waals surface area contributed by atoms with Crippen LogP contribution in [-0.2, 0) is 9.53 Å². The maximum Gasteiger partial charge on any atom is 0.333 e. The molecule has 0 aliphatic heterocycles. The van der Waals surface area contributed by atoms with Gasteiger partial charge in [-0.05, 0) is 38.0 Å². The number of carbonyl (C=O) groups is 1. The monoisotopic (exact) mass is 239 g/mol. The number of nitrogens with one attached hydrogen (secondary N) is 1. The second-order valence-electron chi connectivity index (χ2n) is 5.48. The molecule has 0 amide bonds. The zero-order valence-electron chi connectivity index (χ0n) is 11.3. The fourth-order valence-electron chi connectivity index (χ4n) is 2.64. The van der Waals surface area contributed by atoms with Crippen molar-refractivity contribution in [1.82, 2.24) is 5.32 Å². The van der Waals surface area contributed by atoms with Crippen LogP contribution < -0.4 is 5.32 Å². The lowest BCUT2D eigenvalue weighted by atomic mass is 9.80. The van der Waals surface area contributed by atoms with Crippen molar-refractivity contribution in [2.24, 2.45) is 11.8 Å². The summed E-state index contributed by atoms with van der Waals surface area (Å²) in [4.78, 5) is 11.1. The highest BCUT2D eigenvalue weighted by Gasteiger charge is 2.23. The summed E-state index contributed by atoms with van der Waals surface area (Å²) in [6.45, 7) is 11.0. The molecule has 3 nitrogen and oxygen atoms in total. The van der Waals surface area contributed by atoms with Crippen molar-refractivity contribution in [1.29, 1.82) is 0 Å². The quantitative estimate of drug-likeness (QED) is 0.455. The van der Waals surface area contributed by atoms with Gasteiger partial charge >= 0.3 is 5.97 Å². The maximum absolute atomic E-state index is 11.1. The zero-order valence-corrected chi connectivity index (χ0v) is 11.3. The molecule has 0 aromatic heterocycles. The summed E-state index contributed by atoms with van der Waals surface area (Å²) in [5.41, 5.74) is 0.463. The van der Waals surface area contributed by atoms with E-state index in [0.29, 0.717) is 18.2 Å². The lowest BCUT2D eigenvalue weighted by Gasteiger charge is -2.32. The van der Waals surface area contributed by atoms with Crippen molar-refractivity contribution in [3.05, 3.63) is 12.2 Å². The summed E-state index contributed by atoms with van der Waals surface area (Å²) in [7, 11) is 0. The molecule has 2 unspecified atom stereocenters. The van der Waals surface area contributed by atoms with Crippen LogP contribution in [0.1, 0.15) is 40.0 Å². The van der Waals surface area contributed by atoms with E-state index < -0.39 is 0 Å². The predicted molar refractivity (Wildman–Crippen MR) is 69.7 cm³/mol. The third-order valence-corrected chi connectivity index (χ3v) is 3.30. The molecular weight excluding hydrogens is 214 g/mol. The summed E-state index contributed by atoms with van der Waals surface area (Å²) < 4.78 is 5.05. The summed E-state index contributed by atoms with van der Waals surface area (Å²) in [6.07, 6.45) is 3.81. The van der Waals surface area contributed by atoms with Gasteiger partial charge in [0.15, 0.2) is 0 Å². The van der Waals surface area contributed by atoms with Crippen molar-refractivity contribution in [2.75, 3.05) is 13.2 Å². The van der Waals surface area contributed by atoms with Gasteiger partial charge in [0.25, 0.3) is 0 Å². The Hall–Kier alpha value is -0.830. The number of ether oxygens (including phenoxy) is 1. The van der Waals surface area contributed by atoms with Crippen LogP contribution in [0.25, 0.3) is 0 Å². The second-order valence-corrected chi connectivity index (χ2v) is 5.48. The van der Waals surface area contributed by atoms with Crippen molar-refractivity contribution >= 4 is 5.97 Å².